The standard InChI is InChI=1S/C18H17F3N2OS/c19-18(20,21)14-3-1-12(2-4-14)17(24)23-10-15(11-23)22-7-5-16-13(9-22)6-8-25-16/h1-4,6,8,15H,5,7,9-11H2. The minimum Gasteiger partial charge on any atom is -0.335 e. The van der Waals surface area contributed by atoms with Gasteiger partial charge in [-0.05, 0) is 47.7 Å². The minimum atomic E-state index is -4.38. The van der Waals surface area contributed by atoms with Crippen molar-refractivity contribution >= 4 is 17.2 Å². The van der Waals surface area contributed by atoms with E-state index in [-0.39, 0.29) is 5.91 Å². The molecule has 0 atom stereocenters. The van der Waals surface area contributed by atoms with Gasteiger partial charge in [0.1, 0.15) is 0 Å². The number of alkyl halides is 3. The lowest BCUT2D eigenvalue weighted by molar-refractivity contribution is -0.137. The molecule has 3 heterocycles. The van der Waals surface area contributed by atoms with Crippen LogP contribution in [0.1, 0.15) is 26.4 Å². The molecule has 2 aliphatic heterocycles. The average molecular weight is 366 g/mol. The van der Waals surface area contributed by atoms with Crippen molar-refractivity contribution in [2.24, 2.45) is 0 Å². The lowest BCUT2D eigenvalue weighted by Crippen LogP contribution is -2.61. The zero-order chi connectivity index (χ0) is 17.6. The Labute approximate surface area is 147 Å². The summed E-state index contributed by atoms with van der Waals surface area (Å²) in [7, 11) is 0. The van der Waals surface area contributed by atoms with E-state index in [4.69, 9.17) is 0 Å². The number of carbonyl (C=O) groups excluding carboxylic acids is 1. The van der Waals surface area contributed by atoms with Gasteiger partial charge in [-0.3, -0.25) is 9.69 Å². The molecule has 25 heavy (non-hydrogen) atoms. The number of hydrogen-bond acceptors (Lipinski definition) is 3. The molecule has 1 aromatic carbocycles. The summed E-state index contributed by atoms with van der Waals surface area (Å²) in [5.74, 6) is -0.196. The lowest BCUT2D eigenvalue weighted by atomic mass is 10.0. The van der Waals surface area contributed by atoms with Crippen molar-refractivity contribution in [1.29, 1.82) is 0 Å². The molecule has 0 saturated carbocycles. The SMILES string of the molecule is O=C(c1ccc(C(F)(F)F)cc1)N1CC(N2CCc3sccc3C2)C1. The fourth-order valence-electron chi connectivity index (χ4n) is 3.42. The normalized spacial score (nSPS) is 18.8. The summed E-state index contributed by atoms with van der Waals surface area (Å²) in [6, 6.07) is 6.95. The van der Waals surface area contributed by atoms with Crippen LogP contribution in [0.5, 0.6) is 0 Å². The number of halogens is 3. The Hall–Kier alpha value is -1.86. The van der Waals surface area contributed by atoms with E-state index in [1.54, 1.807) is 16.2 Å². The number of carbonyl (C=O) groups is 1. The summed E-state index contributed by atoms with van der Waals surface area (Å²) in [6.07, 6.45) is -3.32. The van der Waals surface area contributed by atoms with Crippen molar-refractivity contribution in [3.8, 4) is 0 Å². The van der Waals surface area contributed by atoms with Gasteiger partial charge in [0.25, 0.3) is 5.91 Å². The van der Waals surface area contributed by atoms with Crippen molar-refractivity contribution in [1.82, 2.24) is 9.80 Å². The number of amides is 1. The first kappa shape index (κ1) is 16.6. The maximum absolute atomic E-state index is 12.6. The van der Waals surface area contributed by atoms with E-state index in [0.29, 0.717) is 24.7 Å². The fraction of sp³-hybridized carbons (Fsp3) is 0.389. The van der Waals surface area contributed by atoms with Crippen molar-refractivity contribution in [2.45, 2.75) is 25.2 Å². The van der Waals surface area contributed by atoms with Crippen LogP contribution in [0.3, 0.4) is 0 Å². The van der Waals surface area contributed by atoms with E-state index in [0.717, 1.165) is 31.6 Å². The Balaban J connectivity index is 1.35. The zero-order valence-corrected chi connectivity index (χ0v) is 14.2. The minimum absolute atomic E-state index is 0.196. The van der Waals surface area contributed by atoms with Crippen LogP contribution in [0.2, 0.25) is 0 Å². The first-order valence-corrected chi connectivity index (χ1v) is 9.05. The molecule has 132 valence electrons. The molecule has 0 spiro atoms. The molecule has 0 N–H and O–H groups in total. The Morgan fingerprint density at radius 2 is 1.84 bits per heavy atom. The van der Waals surface area contributed by atoms with Gasteiger partial charge in [-0.15, -0.1) is 11.3 Å². The molecular formula is C18H17F3N2OS. The van der Waals surface area contributed by atoms with E-state index in [1.165, 1.54) is 22.6 Å². The zero-order valence-electron chi connectivity index (χ0n) is 13.4. The maximum Gasteiger partial charge on any atom is 0.416 e. The number of rotatable bonds is 2. The summed E-state index contributed by atoms with van der Waals surface area (Å²) in [6.45, 7) is 3.20. The van der Waals surface area contributed by atoms with Gasteiger partial charge < -0.3 is 4.90 Å². The van der Waals surface area contributed by atoms with E-state index in [2.05, 4.69) is 16.3 Å². The molecule has 1 saturated heterocycles. The summed E-state index contributed by atoms with van der Waals surface area (Å²) in [5.41, 5.74) is 0.958. The Kier molecular flexibility index (Phi) is 4.08. The van der Waals surface area contributed by atoms with Crippen LogP contribution in [-0.2, 0) is 19.1 Å². The first-order chi connectivity index (χ1) is 11.9. The topological polar surface area (TPSA) is 23.6 Å². The first-order valence-electron chi connectivity index (χ1n) is 8.17. The van der Waals surface area contributed by atoms with Crippen LogP contribution in [0.25, 0.3) is 0 Å². The highest BCUT2D eigenvalue weighted by atomic mass is 32.1. The lowest BCUT2D eigenvalue weighted by Gasteiger charge is -2.46. The summed E-state index contributed by atoms with van der Waals surface area (Å²) >= 11 is 1.80. The van der Waals surface area contributed by atoms with Crippen molar-refractivity contribution in [3.63, 3.8) is 0 Å². The van der Waals surface area contributed by atoms with Gasteiger partial charge in [0.2, 0.25) is 0 Å². The molecule has 0 bridgehead atoms. The number of fused-ring (bicyclic) bond motifs is 1. The van der Waals surface area contributed by atoms with Crippen LogP contribution < -0.4 is 0 Å². The Morgan fingerprint density at radius 1 is 1.12 bits per heavy atom. The number of hydrogen-bond donors (Lipinski definition) is 0. The summed E-state index contributed by atoms with van der Waals surface area (Å²) in [4.78, 5) is 18.0. The second-order valence-electron chi connectivity index (χ2n) is 6.53. The quantitative estimate of drug-likeness (QED) is 0.810. The van der Waals surface area contributed by atoms with E-state index in [1.807, 2.05) is 0 Å². The van der Waals surface area contributed by atoms with Gasteiger partial charge in [-0.25, -0.2) is 0 Å². The third-order valence-electron chi connectivity index (χ3n) is 4.96. The molecular weight excluding hydrogens is 349 g/mol. The molecule has 4 rings (SSSR count). The van der Waals surface area contributed by atoms with Crippen molar-refractivity contribution < 1.29 is 18.0 Å². The van der Waals surface area contributed by atoms with Crippen LogP contribution >= 0.6 is 11.3 Å². The summed E-state index contributed by atoms with van der Waals surface area (Å²) < 4.78 is 37.8. The maximum atomic E-state index is 12.6. The van der Waals surface area contributed by atoms with Gasteiger partial charge in [0.15, 0.2) is 0 Å². The predicted molar refractivity (Wildman–Crippen MR) is 89.6 cm³/mol. The van der Waals surface area contributed by atoms with Crippen molar-refractivity contribution in [2.75, 3.05) is 19.6 Å². The molecule has 2 aliphatic rings. The monoisotopic (exact) mass is 366 g/mol. The second-order valence-corrected chi connectivity index (χ2v) is 7.53. The van der Waals surface area contributed by atoms with E-state index >= 15 is 0 Å². The molecule has 1 amide bonds. The van der Waals surface area contributed by atoms with Gasteiger partial charge in [0.05, 0.1) is 5.56 Å². The van der Waals surface area contributed by atoms with Crippen LogP contribution in [0, 0.1) is 0 Å². The number of thiophene rings is 1. The third-order valence-corrected chi connectivity index (χ3v) is 5.99. The van der Waals surface area contributed by atoms with Crippen LogP contribution in [0.15, 0.2) is 35.7 Å². The number of nitrogens with zero attached hydrogens (tertiary/aromatic N) is 2. The van der Waals surface area contributed by atoms with Gasteiger partial charge in [-0.1, -0.05) is 0 Å². The molecule has 1 fully saturated rings. The fourth-order valence-corrected chi connectivity index (χ4v) is 4.31. The smallest absolute Gasteiger partial charge is 0.335 e. The third kappa shape index (κ3) is 3.18. The second kappa shape index (κ2) is 6.14. The molecule has 0 radical (unpaired) electrons. The highest BCUT2D eigenvalue weighted by Crippen LogP contribution is 2.30. The highest BCUT2D eigenvalue weighted by molar-refractivity contribution is 7.10. The number of benzene rings is 1. The van der Waals surface area contributed by atoms with Crippen LogP contribution in [-0.4, -0.2) is 41.4 Å². The van der Waals surface area contributed by atoms with Gasteiger partial charge in [-0.2, -0.15) is 13.2 Å². The number of likely N-dealkylation sites (tertiary alicyclic amines) is 1. The molecule has 7 heteroatoms. The largest absolute Gasteiger partial charge is 0.416 e. The van der Waals surface area contributed by atoms with E-state index < -0.39 is 11.7 Å². The van der Waals surface area contributed by atoms with Crippen LogP contribution in [0.4, 0.5) is 13.2 Å². The van der Waals surface area contributed by atoms with E-state index in [9.17, 15) is 18.0 Å². The van der Waals surface area contributed by atoms with Crippen molar-refractivity contribution in [3.05, 3.63) is 57.3 Å². The molecule has 3 nitrogen and oxygen atoms in total. The average Bonchev–Trinajstić information content (AvgIpc) is 3.00. The predicted octanol–water partition coefficient (Wildman–Crippen LogP) is 3.65. The molecule has 0 unspecified atom stereocenters. The Morgan fingerprint density at radius 3 is 2.52 bits per heavy atom. The van der Waals surface area contributed by atoms with Gasteiger partial charge >= 0.3 is 6.18 Å². The molecule has 0 aliphatic carbocycles. The Bertz CT molecular complexity index is 778. The molecule has 2 aromatic rings. The van der Waals surface area contributed by atoms with Gasteiger partial charge in [0, 0.05) is 42.7 Å². The highest BCUT2D eigenvalue weighted by Gasteiger charge is 2.37. The molecule has 1 aromatic heterocycles. The summed E-state index contributed by atoms with van der Waals surface area (Å²) in [5, 5.41) is 2.12.